The van der Waals surface area contributed by atoms with Crippen LogP contribution in [0.2, 0.25) is 0 Å². The SMILES string of the molecule is CCCn1c(SCC(=O)N[C@@H](C)CC)nc2nc(N3CCCCC3)sc2c1=O. The number of nitrogens with one attached hydrogen (secondary N) is 1. The first-order valence-corrected chi connectivity index (χ1v) is 11.9. The quantitative estimate of drug-likeness (QED) is 0.519. The van der Waals surface area contributed by atoms with Crippen molar-refractivity contribution in [3.63, 3.8) is 0 Å². The number of nitrogens with zero attached hydrogens (tertiary/aromatic N) is 4. The molecule has 1 aliphatic heterocycles. The van der Waals surface area contributed by atoms with E-state index in [9.17, 15) is 9.59 Å². The average molecular weight is 424 g/mol. The minimum absolute atomic E-state index is 0.0379. The van der Waals surface area contributed by atoms with Gasteiger partial charge < -0.3 is 10.2 Å². The molecule has 0 radical (unpaired) electrons. The summed E-state index contributed by atoms with van der Waals surface area (Å²) in [5, 5.41) is 4.42. The lowest BCUT2D eigenvalue weighted by molar-refractivity contribution is -0.119. The molecule has 9 heteroatoms. The third-order valence-electron chi connectivity index (χ3n) is 4.90. The Morgan fingerprint density at radius 2 is 2.00 bits per heavy atom. The highest BCUT2D eigenvalue weighted by atomic mass is 32.2. The van der Waals surface area contributed by atoms with Crippen molar-refractivity contribution in [1.29, 1.82) is 0 Å². The van der Waals surface area contributed by atoms with E-state index in [1.165, 1.54) is 29.5 Å². The van der Waals surface area contributed by atoms with E-state index >= 15 is 0 Å². The van der Waals surface area contributed by atoms with Crippen LogP contribution >= 0.6 is 23.1 Å². The number of thioether (sulfide) groups is 1. The van der Waals surface area contributed by atoms with Gasteiger partial charge in [0.15, 0.2) is 15.9 Å². The van der Waals surface area contributed by atoms with Crippen LogP contribution in [-0.2, 0) is 11.3 Å². The first-order valence-electron chi connectivity index (χ1n) is 10.1. The van der Waals surface area contributed by atoms with Gasteiger partial charge in [0.2, 0.25) is 5.91 Å². The Labute approximate surface area is 173 Å². The van der Waals surface area contributed by atoms with Crippen molar-refractivity contribution in [1.82, 2.24) is 19.9 Å². The summed E-state index contributed by atoms with van der Waals surface area (Å²) in [5.74, 6) is 0.207. The molecular formula is C19H29N5O2S2. The van der Waals surface area contributed by atoms with Gasteiger partial charge in [-0.3, -0.25) is 14.2 Å². The summed E-state index contributed by atoms with van der Waals surface area (Å²) in [7, 11) is 0. The predicted octanol–water partition coefficient (Wildman–Crippen LogP) is 3.26. The second kappa shape index (κ2) is 9.73. The van der Waals surface area contributed by atoms with Gasteiger partial charge in [-0.15, -0.1) is 0 Å². The Bertz CT molecular complexity index is 873. The summed E-state index contributed by atoms with van der Waals surface area (Å²) in [4.78, 5) is 36.8. The number of hydrogen-bond acceptors (Lipinski definition) is 7. The molecule has 2 aromatic heterocycles. The fraction of sp³-hybridized carbons (Fsp3) is 0.684. The van der Waals surface area contributed by atoms with Crippen LogP contribution in [0.25, 0.3) is 10.3 Å². The zero-order chi connectivity index (χ0) is 20.1. The standard InChI is InChI=1S/C19H29N5O2S2/c1-4-9-24-17(26)15-16(21-18(28-15)23-10-7-6-8-11-23)22-19(24)27-12-14(25)20-13(3)5-2/h13H,4-12H2,1-3H3,(H,20,25)/t13-/m0/s1. The third-order valence-corrected chi connectivity index (χ3v) is 6.97. The monoisotopic (exact) mass is 423 g/mol. The molecule has 0 saturated carbocycles. The molecule has 1 amide bonds. The van der Waals surface area contributed by atoms with Gasteiger partial charge in [0.05, 0.1) is 5.75 Å². The number of amides is 1. The third kappa shape index (κ3) is 4.86. The van der Waals surface area contributed by atoms with Crippen molar-refractivity contribution >= 4 is 44.5 Å². The second-order valence-electron chi connectivity index (χ2n) is 7.21. The zero-order valence-electron chi connectivity index (χ0n) is 16.9. The van der Waals surface area contributed by atoms with E-state index in [1.807, 2.05) is 20.8 Å². The van der Waals surface area contributed by atoms with E-state index in [0.29, 0.717) is 22.0 Å². The Morgan fingerprint density at radius 1 is 1.25 bits per heavy atom. The molecule has 1 saturated heterocycles. The number of fused-ring (bicyclic) bond motifs is 1. The molecular weight excluding hydrogens is 394 g/mol. The molecule has 154 valence electrons. The molecule has 0 aliphatic carbocycles. The Balaban J connectivity index is 1.87. The minimum Gasteiger partial charge on any atom is -0.353 e. The van der Waals surface area contributed by atoms with Crippen LogP contribution in [0.4, 0.5) is 5.13 Å². The maximum absolute atomic E-state index is 13.1. The Morgan fingerprint density at radius 3 is 2.68 bits per heavy atom. The minimum atomic E-state index is -0.0440. The van der Waals surface area contributed by atoms with E-state index in [0.717, 1.165) is 43.9 Å². The smallest absolute Gasteiger partial charge is 0.273 e. The van der Waals surface area contributed by atoms with Crippen LogP contribution in [0, 0.1) is 0 Å². The van der Waals surface area contributed by atoms with Gasteiger partial charge in [-0.1, -0.05) is 36.9 Å². The summed E-state index contributed by atoms with van der Waals surface area (Å²) in [6, 6.07) is 0.145. The molecule has 1 aliphatic rings. The van der Waals surface area contributed by atoms with Crippen molar-refractivity contribution < 1.29 is 4.79 Å². The molecule has 7 nitrogen and oxygen atoms in total. The van der Waals surface area contributed by atoms with Crippen molar-refractivity contribution in [3.05, 3.63) is 10.4 Å². The van der Waals surface area contributed by atoms with Crippen LogP contribution < -0.4 is 15.8 Å². The lowest BCUT2D eigenvalue weighted by atomic mass is 10.1. The highest BCUT2D eigenvalue weighted by Gasteiger charge is 2.20. The van der Waals surface area contributed by atoms with Gasteiger partial charge in [-0.05, 0) is 39.0 Å². The molecule has 1 N–H and O–H groups in total. The predicted molar refractivity (Wildman–Crippen MR) is 117 cm³/mol. The summed E-state index contributed by atoms with van der Waals surface area (Å²) in [6.45, 7) is 8.62. The summed E-state index contributed by atoms with van der Waals surface area (Å²) in [5.41, 5.74) is 0.463. The van der Waals surface area contributed by atoms with Crippen LogP contribution in [-0.4, -0.2) is 45.3 Å². The number of anilines is 1. The number of aromatic nitrogens is 3. The van der Waals surface area contributed by atoms with Gasteiger partial charge in [-0.2, -0.15) is 4.98 Å². The van der Waals surface area contributed by atoms with Crippen molar-refractivity contribution in [2.45, 2.75) is 70.6 Å². The van der Waals surface area contributed by atoms with Gasteiger partial charge in [0, 0.05) is 25.7 Å². The number of thiazole rings is 1. The number of rotatable bonds is 8. The van der Waals surface area contributed by atoms with Crippen molar-refractivity contribution in [2.75, 3.05) is 23.7 Å². The molecule has 3 heterocycles. The molecule has 2 aromatic rings. The molecule has 28 heavy (non-hydrogen) atoms. The molecule has 0 spiro atoms. The van der Waals surface area contributed by atoms with Gasteiger partial charge >= 0.3 is 0 Å². The van der Waals surface area contributed by atoms with Crippen LogP contribution in [0.1, 0.15) is 52.9 Å². The van der Waals surface area contributed by atoms with E-state index in [2.05, 4.69) is 20.2 Å². The van der Waals surface area contributed by atoms with Gasteiger partial charge in [0.25, 0.3) is 5.56 Å². The molecule has 1 fully saturated rings. The second-order valence-corrected chi connectivity index (χ2v) is 9.13. The largest absolute Gasteiger partial charge is 0.353 e. The van der Waals surface area contributed by atoms with Crippen molar-refractivity contribution in [2.24, 2.45) is 0 Å². The molecule has 0 unspecified atom stereocenters. The highest BCUT2D eigenvalue weighted by Crippen LogP contribution is 2.29. The van der Waals surface area contributed by atoms with Crippen molar-refractivity contribution in [3.8, 4) is 0 Å². The van der Waals surface area contributed by atoms with Crippen LogP contribution in [0.5, 0.6) is 0 Å². The fourth-order valence-electron chi connectivity index (χ4n) is 3.18. The number of carbonyl (C=O) groups is 1. The molecule has 0 bridgehead atoms. The molecule has 1 atom stereocenters. The summed E-state index contributed by atoms with van der Waals surface area (Å²) >= 11 is 2.76. The van der Waals surface area contributed by atoms with Crippen LogP contribution in [0.15, 0.2) is 9.95 Å². The Kier molecular flexibility index (Phi) is 7.34. The maximum Gasteiger partial charge on any atom is 0.273 e. The molecule has 0 aromatic carbocycles. The van der Waals surface area contributed by atoms with Crippen LogP contribution in [0.3, 0.4) is 0 Å². The topological polar surface area (TPSA) is 80.1 Å². The number of hydrogen-bond donors (Lipinski definition) is 1. The fourth-order valence-corrected chi connectivity index (χ4v) is 5.01. The molecule has 3 rings (SSSR count). The highest BCUT2D eigenvalue weighted by molar-refractivity contribution is 7.99. The number of piperidine rings is 1. The zero-order valence-corrected chi connectivity index (χ0v) is 18.5. The lowest BCUT2D eigenvalue weighted by Gasteiger charge is -2.25. The van der Waals surface area contributed by atoms with E-state index in [1.54, 1.807) is 4.57 Å². The van der Waals surface area contributed by atoms with E-state index < -0.39 is 0 Å². The first kappa shape index (κ1) is 21.1. The average Bonchev–Trinajstić information content (AvgIpc) is 3.14. The Hall–Kier alpha value is -1.61. The summed E-state index contributed by atoms with van der Waals surface area (Å²) in [6.07, 6.45) is 5.30. The normalized spacial score (nSPS) is 15.8. The van der Waals surface area contributed by atoms with Gasteiger partial charge in [-0.25, -0.2) is 4.98 Å². The summed E-state index contributed by atoms with van der Waals surface area (Å²) < 4.78 is 2.31. The van der Waals surface area contributed by atoms with Gasteiger partial charge in [0.1, 0.15) is 4.70 Å². The van der Waals surface area contributed by atoms with E-state index in [4.69, 9.17) is 0 Å². The first-order chi connectivity index (χ1) is 13.5. The maximum atomic E-state index is 13.1. The number of carbonyl (C=O) groups excluding carboxylic acids is 1. The lowest BCUT2D eigenvalue weighted by Crippen LogP contribution is -2.33. The van der Waals surface area contributed by atoms with E-state index in [-0.39, 0.29) is 23.3 Å².